The normalized spacial score (nSPS) is 16.2. The van der Waals surface area contributed by atoms with Crippen molar-refractivity contribution >= 4 is 12.0 Å². The number of allylic oxidation sites excluding steroid dienone is 6. The summed E-state index contributed by atoms with van der Waals surface area (Å²) in [5, 5.41) is 2.75. The molecular weight excluding hydrogens is 544 g/mol. The van der Waals surface area contributed by atoms with Crippen LogP contribution < -0.4 is 10.1 Å². The van der Waals surface area contributed by atoms with E-state index in [1.54, 1.807) is 19.3 Å². The molecule has 0 spiro atoms. The Hall–Kier alpha value is -3.43. The molecule has 0 atom stereocenters. The largest absolute Gasteiger partial charge is 0.493 e. The quantitative estimate of drug-likeness (QED) is 0.134. The first-order chi connectivity index (χ1) is 20.8. The van der Waals surface area contributed by atoms with Crippen molar-refractivity contribution in [3.63, 3.8) is 0 Å². The molecule has 1 saturated heterocycles. The Kier molecular flexibility index (Phi) is 15.8. The smallest absolute Gasteiger partial charge is 0.229 e. The second-order valence-corrected chi connectivity index (χ2v) is 10.5. The molecule has 1 aromatic rings. The lowest BCUT2D eigenvalue weighted by Crippen LogP contribution is -2.44. The van der Waals surface area contributed by atoms with Crippen LogP contribution in [0.2, 0.25) is 0 Å². The zero-order valence-corrected chi connectivity index (χ0v) is 27.5. The number of hydrogen-bond donors (Lipinski definition) is 1. The monoisotopic (exact) mass is 596 g/mol. The lowest BCUT2D eigenvalue weighted by atomic mass is 9.80. The molecule has 1 aliphatic heterocycles. The Balaban J connectivity index is 0.00000316. The minimum atomic E-state index is -0.128. The SMILES string of the molecule is C/C=C/C(=C\C=C(/C)NC(C)=O)Oc1ncnc2c1C=C(OC)C(OCCCN(CC)CCC1(CC)COC1)=CC2.CC. The van der Waals surface area contributed by atoms with Gasteiger partial charge in [-0.1, -0.05) is 33.8 Å². The van der Waals surface area contributed by atoms with E-state index in [2.05, 4.69) is 34.0 Å². The van der Waals surface area contributed by atoms with Gasteiger partial charge in [-0.2, -0.15) is 0 Å². The van der Waals surface area contributed by atoms with Crippen molar-refractivity contribution in [2.75, 3.05) is 46.6 Å². The summed E-state index contributed by atoms with van der Waals surface area (Å²) in [6, 6.07) is 0. The third-order valence-electron chi connectivity index (χ3n) is 7.41. The molecule has 1 aliphatic carbocycles. The van der Waals surface area contributed by atoms with Crippen LogP contribution in [0.4, 0.5) is 0 Å². The second-order valence-electron chi connectivity index (χ2n) is 10.5. The minimum absolute atomic E-state index is 0.128. The number of ether oxygens (including phenoxy) is 4. The van der Waals surface area contributed by atoms with Crippen molar-refractivity contribution in [1.29, 1.82) is 0 Å². The fourth-order valence-corrected chi connectivity index (χ4v) is 4.72. The minimum Gasteiger partial charge on any atom is -0.493 e. The van der Waals surface area contributed by atoms with Gasteiger partial charge < -0.3 is 29.2 Å². The average Bonchev–Trinajstić information content (AvgIpc) is 3.17. The van der Waals surface area contributed by atoms with Crippen LogP contribution in [0.15, 0.2) is 59.7 Å². The summed E-state index contributed by atoms with van der Waals surface area (Å²) in [5.74, 6) is 2.14. The van der Waals surface area contributed by atoms with Gasteiger partial charge in [-0.25, -0.2) is 9.97 Å². The van der Waals surface area contributed by atoms with E-state index < -0.39 is 0 Å². The molecule has 1 aromatic heterocycles. The highest BCUT2D eigenvalue weighted by atomic mass is 16.5. The predicted molar refractivity (Wildman–Crippen MR) is 172 cm³/mol. The van der Waals surface area contributed by atoms with E-state index in [9.17, 15) is 4.79 Å². The number of aromatic nitrogens is 2. The lowest BCUT2D eigenvalue weighted by Gasteiger charge is -2.42. The van der Waals surface area contributed by atoms with Crippen molar-refractivity contribution in [2.24, 2.45) is 5.41 Å². The molecule has 2 aliphatic rings. The molecule has 43 heavy (non-hydrogen) atoms. The molecule has 3 rings (SSSR count). The molecule has 0 saturated carbocycles. The zero-order valence-electron chi connectivity index (χ0n) is 27.5. The van der Waals surface area contributed by atoms with Crippen LogP contribution in [0, 0.1) is 5.41 Å². The molecule has 2 heterocycles. The van der Waals surface area contributed by atoms with Gasteiger partial charge in [-0.05, 0) is 76.6 Å². The van der Waals surface area contributed by atoms with E-state index in [0.29, 0.717) is 47.3 Å². The summed E-state index contributed by atoms with van der Waals surface area (Å²) < 4.78 is 23.6. The van der Waals surface area contributed by atoms with Gasteiger partial charge in [-0.15, -0.1) is 0 Å². The maximum Gasteiger partial charge on any atom is 0.229 e. The number of nitrogens with zero attached hydrogens (tertiary/aromatic N) is 3. The lowest BCUT2D eigenvalue weighted by molar-refractivity contribution is -0.122. The van der Waals surface area contributed by atoms with Crippen LogP contribution in [0.3, 0.4) is 0 Å². The number of carbonyl (C=O) groups excluding carboxylic acids is 1. The summed E-state index contributed by atoms with van der Waals surface area (Å²) in [7, 11) is 1.63. The Morgan fingerprint density at radius 3 is 2.51 bits per heavy atom. The van der Waals surface area contributed by atoms with Crippen molar-refractivity contribution in [2.45, 2.75) is 74.1 Å². The number of methoxy groups -OCH3 is 1. The Labute approximate surface area is 258 Å². The third-order valence-corrected chi connectivity index (χ3v) is 7.41. The summed E-state index contributed by atoms with van der Waals surface area (Å²) >= 11 is 0. The molecule has 9 heteroatoms. The van der Waals surface area contributed by atoms with E-state index >= 15 is 0 Å². The second kappa shape index (κ2) is 19.0. The van der Waals surface area contributed by atoms with E-state index in [-0.39, 0.29) is 5.91 Å². The fraction of sp³-hybridized carbons (Fsp3) is 0.559. The maximum atomic E-state index is 11.3. The molecule has 0 aromatic carbocycles. The van der Waals surface area contributed by atoms with E-state index in [1.807, 2.05) is 52.0 Å². The summed E-state index contributed by atoms with van der Waals surface area (Å²) in [6.45, 7) is 19.1. The summed E-state index contributed by atoms with van der Waals surface area (Å²) in [6.07, 6.45) is 16.5. The van der Waals surface area contributed by atoms with Gasteiger partial charge in [0.1, 0.15) is 12.1 Å². The molecular formula is C34H52N4O5. The Morgan fingerprint density at radius 1 is 1.14 bits per heavy atom. The van der Waals surface area contributed by atoms with Gasteiger partial charge in [0.15, 0.2) is 11.5 Å². The van der Waals surface area contributed by atoms with E-state index in [1.165, 1.54) is 26.1 Å². The van der Waals surface area contributed by atoms with Crippen molar-refractivity contribution in [3.05, 3.63) is 70.9 Å². The highest BCUT2D eigenvalue weighted by Gasteiger charge is 2.36. The van der Waals surface area contributed by atoms with Gasteiger partial charge in [0, 0.05) is 31.0 Å². The molecule has 1 N–H and O–H groups in total. The standard InChI is InChI=1S/C32H46N4O5.C2H6/c1-7-11-26(13-12-24(4)35-25(5)37)41-31-27-20-30(38-6)29(15-14-28(27)33-23-34-31)40-19-10-17-36(9-3)18-16-32(8-2)21-39-22-32;1-2/h7,11-13,15,20,23H,8-10,14,16-19,21-22H2,1-6H3,(H,35,37);1-2H3/b11-7+,24-12+,26-13+;. The van der Waals surface area contributed by atoms with Crippen LogP contribution in [-0.2, 0) is 25.4 Å². The number of rotatable bonds is 16. The first-order valence-electron chi connectivity index (χ1n) is 15.5. The summed E-state index contributed by atoms with van der Waals surface area (Å²) in [5.41, 5.74) is 2.63. The molecule has 1 fully saturated rings. The van der Waals surface area contributed by atoms with Gasteiger partial charge in [0.2, 0.25) is 11.8 Å². The van der Waals surface area contributed by atoms with Crippen LogP contribution in [0.5, 0.6) is 5.88 Å². The van der Waals surface area contributed by atoms with Crippen LogP contribution in [-0.4, -0.2) is 67.3 Å². The maximum absolute atomic E-state index is 11.3. The molecule has 1 amide bonds. The highest BCUT2D eigenvalue weighted by molar-refractivity contribution is 5.74. The molecule has 0 bridgehead atoms. The molecule has 238 valence electrons. The van der Waals surface area contributed by atoms with E-state index in [4.69, 9.17) is 18.9 Å². The van der Waals surface area contributed by atoms with Crippen molar-refractivity contribution in [3.8, 4) is 5.88 Å². The highest BCUT2D eigenvalue weighted by Crippen LogP contribution is 2.35. The van der Waals surface area contributed by atoms with Crippen molar-refractivity contribution in [1.82, 2.24) is 20.2 Å². The van der Waals surface area contributed by atoms with Crippen LogP contribution in [0.25, 0.3) is 6.08 Å². The number of fused-ring (bicyclic) bond motifs is 1. The number of nitrogens with one attached hydrogen (secondary N) is 1. The van der Waals surface area contributed by atoms with E-state index in [0.717, 1.165) is 50.5 Å². The molecule has 9 nitrogen and oxygen atoms in total. The third kappa shape index (κ3) is 11.3. The van der Waals surface area contributed by atoms with Gasteiger partial charge in [0.25, 0.3) is 0 Å². The average molecular weight is 597 g/mol. The van der Waals surface area contributed by atoms with Crippen LogP contribution >= 0.6 is 0 Å². The number of hydrogen-bond acceptors (Lipinski definition) is 8. The van der Waals surface area contributed by atoms with Gasteiger partial charge in [0.05, 0.1) is 38.2 Å². The Morgan fingerprint density at radius 2 is 1.91 bits per heavy atom. The number of carbonyl (C=O) groups is 1. The number of amides is 1. The topological polar surface area (TPSA) is 95.0 Å². The molecule has 0 unspecified atom stereocenters. The first-order valence-corrected chi connectivity index (χ1v) is 15.5. The fourth-order valence-electron chi connectivity index (χ4n) is 4.72. The predicted octanol–water partition coefficient (Wildman–Crippen LogP) is 6.35. The summed E-state index contributed by atoms with van der Waals surface area (Å²) in [4.78, 5) is 22.7. The Bertz CT molecular complexity index is 1180. The van der Waals surface area contributed by atoms with Gasteiger partial charge >= 0.3 is 0 Å². The zero-order chi connectivity index (χ0) is 31.7. The van der Waals surface area contributed by atoms with Crippen molar-refractivity contribution < 1.29 is 23.7 Å². The molecule has 0 radical (unpaired) electrons. The van der Waals surface area contributed by atoms with Crippen LogP contribution in [0.1, 0.15) is 79.0 Å². The van der Waals surface area contributed by atoms with Gasteiger partial charge in [-0.3, -0.25) is 4.79 Å². The first kappa shape index (κ1) is 35.8.